The Balaban J connectivity index is 4.34. The van der Waals surface area contributed by atoms with E-state index in [1.165, 1.54) is 122 Å². The molecule has 6 nitrogen and oxygen atoms in total. The fraction of sp³-hybridized carbons (Fsp3) is 0.932. The van der Waals surface area contributed by atoms with E-state index in [-0.39, 0.29) is 31.1 Å². The highest BCUT2D eigenvalue weighted by molar-refractivity contribution is 5.71. The largest absolute Gasteiger partial charge is 0.462 e. The molecule has 0 amide bonds. The van der Waals surface area contributed by atoms with E-state index in [1.54, 1.807) is 0 Å². The van der Waals surface area contributed by atoms with Crippen molar-refractivity contribution in [3.05, 3.63) is 0 Å². The number of rotatable bonds is 38. The Bertz CT molecular complexity index is 766. The molecule has 0 rings (SSSR count). The van der Waals surface area contributed by atoms with Gasteiger partial charge in [0.1, 0.15) is 13.2 Å². The van der Waals surface area contributed by atoms with Gasteiger partial charge in [-0.3, -0.25) is 14.4 Å². The summed E-state index contributed by atoms with van der Waals surface area (Å²) in [5.74, 6) is 0.740. The predicted octanol–water partition coefficient (Wildman–Crippen LogP) is 13.4. The summed E-state index contributed by atoms with van der Waals surface area (Å²) in [5.41, 5.74) is 0. The van der Waals surface area contributed by atoms with Gasteiger partial charge < -0.3 is 14.2 Å². The van der Waals surface area contributed by atoms with Crippen LogP contribution >= 0.6 is 0 Å². The smallest absolute Gasteiger partial charge is 0.306 e. The normalized spacial score (nSPS) is 12.6. The first-order valence-electron chi connectivity index (χ1n) is 21.8. The van der Waals surface area contributed by atoms with Gasteiger partial charge >= 0.3 is 17.9 Å². The Morgan fingerprint density at radius 1 is 0.420 bits per heavy atom. The van der Waals surface area contributed by atoms with Crippen LogP contribution in [-0.2, 0) is 28.6 Å². The van der Waals surface area contributed by atoms with Crippen molar-refractivity contribution in [1.29, 1.82) is 0 Å². The number of unbranched alkanes of at least 4 members (excludes halogenated alkanes) is 22. The Morgan fingerprint density at radius 2 is 0.760 bits per heavy atom. The fourth-order valence-electron chi connectivity index (χ4n) is 6.37. The molecule has 0 aliphatic rings. The summed E-state index contributed by atoms with van der Waals surface area (Å²) in [7, 11) is 0. The lowest BCUT2D eigenvalue weighted by atomic mass is 9.99. The van der Waals surface area contributed by atoms with Crippen LogP contribution in [0.1, 0.15) is 234 Å². The van der Waals surface area contributed by atoms with E-state index >= 15 is 0 Å². The molecule has 0 spiro atoms. The monoisotopic (exact) mass is 709 g/mol. The van der Waals surface area contributed by atoms with Crippen LogP contribution < -0.4 is 0 Å². The maximum Gasteiger partial charge on any atom is 0.306 e. The molecule has 0 aliphatic heterocycles. The van der Waals surface area contributed by atoms with Crippen LogP contribution in [0, 0.1) is 11.8 Å². The van der Waals surface area contributed by atoms with E-state index in [0.29, 0.717) is 19.3 Å². The molecule has 0 saturated heterocycles. The van der Waals surface area contributed by atoms with Gasteiger partial charge in [-0.2, -0.15) is 0 Å². The SMILES string of the molecule is CCCCCCCCCCCCCC(=O)OC[C@H](COC(=O)CCCCCCCCCCC(C)CC)OC(=O)CCCCCCCCC(C)C. The molecule has 0 saturated carbocycles. The van der Waals surface area contributed by atoms with Gasteiger partial charge in [-0.25, -0.2) is 0 Å². The third kappa shape index (κ3) is 36.2. The highest BCUT2D eigenvalue weighted by Crippen LogP contribution is 2.17. The average Bonchev–Trinajstić information content (AvgIpc) is 3.09. The predicted molar refractivity (Wildman–Crippen MR) is 210 cm³/mol. The number of hydrogen-bond donors (Lipinski definition) is 0. The fourth-order valence-corrected chi connectivity index (χ4v) is 6.37. The van der Waals surface area contributed by atoms with E-state index in [2.05, 4.69) is 34.6 Å². The first-order chi connectivity index (χ1) is 24.3. The summed E-state index contributed by atoms with van der Waals surface area (Å²) < 4.78 is 16.7. The molecule has 0 aliphatic carbocycles. The number of carbonyl (C=O) groups is 3. The zero-order valence-electron chi connectivity index (χ0n) is 34.0. The molecule has 0 aromatic heterocycles. The minimum absolute atomic E-state index is 0.0664. The van der Waals surface area contributed by atoms with E-state index in [1.807, 2.05) is 0 Å². The summed E-state index contributed by atoms with van der Waals surface area (Å²) in [4.78, 5) is 37.6. The van der Waals surface area contributed by atoms with Crippen molar-refractivity contribution in [1.82, 2.24) is 0 Å². The molecule has 296 valence electrons. The van der Waals surface area contributed by atoms with Gasteiger partial charge in [0.25, 0.3) is 0 Å². The van der Waals surface area contributed by atoms with Crippen LogP contribution in [0.4, 0.5) is 0 Å². The van der Waals surface area contributed by atoms with Crippen molar-refractivity contribution in [2.75, 3.05) is 13.2 Å². The summed E-state index contributed by atoms with van der Waals surface area (Å²) in [6, 6.07) is 0. The van der Waals surface area contributed by atoms with Gasteiger partial charge in [-0.05, 0) is 31.1 Å². The van der Waals surface area contributed by atoms with Crippen LogP contribution in [0.3, 0.4) is 0 Å². The minimum atomic E-state index is -0.760. The molecule has 0 aromatic carbocycles. The van der Waals surface area contributed by atoms with Gasteiger partial charge in [-0.1, -0.05) is 195 Å². The van der Waals surface area contributed by atoms with Crippen molar-refractivity contribution in [2.45, 2.75) is 240 Å². The molecule has 2 atom stereocenters. The molecule has 0 bridgehead atoms. The third-order valence-electron chi connectivity index (χ3n) is 10.1. The molecule has 1 unspecified atom stereocenters. The van der Waals surface area contributed by atoms with Gasteiger partial charge in [0, 0.05) is 19.3 Å². The topological polar surface area (TPSA) is 78.9 Å². The van der Waals surface area contributed by atoms with Crippen LogP contribution in [0.5, 0.6) is 0 Å². The lowest BCUT2D eigenvalue weighted by molar-refractivity contribution is -0.167. The van der Waals surface area contributed by atoms with Crippen LogP contribution in [0.2, 0.25) is 0 Å². The highest BCUT2D eigenvalue weighted by Gasteiger charge is 2.19. The van der Waals surface area contributed by atoms with Crippen molar-refractivity contribution in [2.24, 2.45) is 11.8 Å². The molecular formula is C44H84O6. The van der Waals surface area contributed by atoms with Crippen LogP contribution in [0.15, 0.2) is 0 Å². The van der Waals surface area contributed by atoms with Gasteiger partial charge in [-0.15, -0.1) is 0 Å². The Kier molecular flexibility index (Phi) is 36.0. The molecule has 0 N–H and O–H groups in total. The first-order valence-corrected chi connectivity index (χ1v) is 21.8. The van der Waals surface area contributed by atoms with Gasteiger partial charge in [0.15, 0.2) is 6.10 Å². The molecule has 0 aromatic rings. The van der Waals surface area contributed by atoms with Crippen LogP contribution in [0.25, 0.3) is 0 Å². The second-order valence-corrected chi connectivity index (χ2v) is 15.7. The highest BCUT2D eigenvalue weighted by atomic mass is 16.6. The van der Waals surface area contributed by atoms with Crippen LogP contribution in [-0.4, -0.2) is 37.2 Å². The second-order valence-electron chi connectivity index (χ2n) is 15.7. The quantitative estimate of drug-likeness (QED) is 0.0361. The molecule has 0 heterocycles. The van der Waals surface area contributed by atoms with Gasteiger partial charge in [0.2, 0.25) is 0 Å². The Labute approximate surface area is 310 Å². The van der Waals surface area contributed by atoms with E-state index in [0.717, 1.165) is 69.6 Å². The second kappa shape index (κ2) is 37.2. The Hall–Kier alpha value is -1.59. The molecule has 6 heteroatoms. The third-order valence-corrected chi connectivity index (χ3v) is 10.1. The molecule has 50 heavy (non-hydrogen) atoms. The zero-order chi connectivity index (χ0) is 36.9. The number of hydrogen-bond acceptors (Lipinski definition) is 6. The standard InChI is InChI=1S/C44H84O6/c1-6-8-9-10-11-12-13-14-18-24-29-34-42(45)48-37-41(50-44(47)36-31-26-21-20-22-27-32-39(3)4)38-49-43(46)35-30-25-19-16-15-17-23-28-33-40(5)7-2/h39-41H,6-38H2,1-5H3/t40?,41-/m1/s1. The Morgan fingerprint density at radius 3 is 1.14 bits per heavy atom. The number of ether oxygens (including phenoxy) is 3. The molecular weight excluding hydrogens is 624 g/mol. The number of carbonyl (C=O) groups excluding carboxylic acids is 3. The maximum atomic E-state index is 12.6. The van der Waals surface area contributed by atoms with Crippen molar-refractivity contribution < 1.29 is 28.6 Å². The van der Waals surface area contributed by atoms with Crippen molar-refractivity contribution in [3.8, 4) is 0 Å². The lowest BCUT2D eigenvalue weighted by Gasteiger charge is -2.18. The van der Waals surface area contributed by atoms with E-state index in [4.69, 9.17) is 14.2 Å². The average molecular weight is 709 g/mol. The van der Waals surface area contributed by atoms with E-state index < -0.39 is 6.10 Å². The lowest BCUT2D eigenvalue weighted by Crippen LogP contribution is -2.30. The summed E-state index contributed by atoms with van der Waals surface area (Å²) in [5, 5.41) is 0. The summed E-state index contributed by atoms with van der Waals surface area (Å²) in [6.45, 7) is 11.3. The van der Waals surface area contributed by atoms with E-state index in [9.17, 15) is 14.4 Å². The first kappa shape index (κ1) is 48.4. The zero-order valence-corrected chi connectivity index (χ0v) is 34.0. The molecule has 0 fully saturated rings. The molecule has 0 radical (unpaired) electrons. The maximum absolute atomic E-state index is 12.6. The van der Waals surface area contributed by atoms with Crippen molar-refractivity contribution >= 4 is 17.9 Å². The number of esters is 3. The minimum Gasteiger partial charge on any atom is -0.462 e. The van der Waals surface area contributed by atoms with Crippen molar-refractivity contribution in [3.63, 3.8) is 0 Å². The van der Waals surface area contributed by atoms with Gasteiger partial charge in [0.05, 0.1) is 0 Å². The summed E-state index contributed by atoms with van der Waals surface area (Å²) >= 11 is 0. The summed E-state index contributed by atoms with van der Waals surface area (Å²) in [6.07, 6.45) is 33.8.